The van der Waals surface area contributed by atoms with Crippen LogP contribution < -0.4 is 0 Å². The van der Waals surface area contributed by atoms with Crippen LogP contribution in [0.15, 0.2) is 115 Å². The second-order valence-corrected chi connectivity index (χ2v) is 9.49. The Labute approximate surface area is 192 Å². The summed E-state index contributed by atoms with van der Waals surface area (Å²) in [5.41, 5.74) is 6.42. The highest BCUT2D eigenvalue weighted by Crippen LogP contribution is 2.45. The second kappa shape index (κ2) is 7.78. The topological polar surface area (TPSA) is 0 Å². The highest BCUT2D eigenvalue weighted by atomic mass is 32.1. The molecule has 1 heteroatoms. The molecule has 0 radical (unpaired) electrons. The highest BCUT2D eigenvalue weighted by Gasteiger charge is 2.17. The molecule has 0 saturated carbocycles. The Morgan fingerprint density at radius 2 is 0.969 bits per heavy atom. The van der Waals surface area contributed by atoms with E-state index in [-0.39, 0.29) is 0 Å². The first-order valence-corrected chi connectivity index (χ1v) is 11.8. The Bertz CT molecular complexity index is 1560. The predicted octanol–water partition coefficient (Wildman–Crippen LogP) is 9.36. The van der Waals surface area contributed by atoms with Gasteiger partial charge in [-0.15, -0.1) is 11.3 Å². The van der Waals surface area contributed by atoms with Gasteiger partial charge in [-0.25, -0.2) is 0 Å². The van der Waals surface area contributed by atoms with Gasteiger partial charge in [0, 0.05) is 9.75 Å². The van der Waals surface area contributed by atoms with Gasteiger partial charge in [0.2, 0.25) is 0 Å². The number of rotatable bonds is 3. The Balaban J connectivity index is 1.79. The summed E-state index contributed by atoms with van der Waals surface area (Å²) in [7, 11) is 0. The van der Waals surface area contributed by atoms with Crippen LogP contribution in [0.5, 0.6) is 0 Å². The monoisotopic (exact) mass is 426 g/mol. The van der Waals surface area contributed by atoms with Crippen molar-refractivity contribution in [3.63, 3.8) is 0 Å². The molecule has 6 aromatic rings. The molecule has 0 saturated heterocycles. The maximum Gasteiger partial charge on any atom is 0.0345 e. The number of hydrogen-bond acceptors (Lipinski definition) is 1. The third-order valence-electron chi connectivity index (χ3n) is 6.17. The third-order valence-corrected chi connectivity index (χ3v) is 7.22. The van der Waals surface area contributed by atoms with Crippen LogP contribution in [-0.2, 0) is 0 Å². The molecule has 1 heterocycles. The van der Waals surface area contributed by atoms with Crippen molar-refractivity contribution in [3.05, 3.63) is 120 Å². The van der Waals surface area contributed by atoms with Crippen LogP contribution in [0.25, 0.3) is 54.2 Å². The molecule has 0 fully saturated rings. The van der Waals surface area contributed by atoms with E-state index in [2.05, 4.69) is 122 Å². The molecule has 0 N–H and O–H groups in total. The van der Waals surface area contributed by atoms with Crippen molar-refractivity contribution in [3.8, 4) is 32.7 Å². The molecule has 6 rings (SSSR count). The summed E-state index contributed by atoms with van der Waals surface area (Å²) < 4.78 is 0. The van der Waals surface area contributed by atoms with E-state index in [0.717, 1.165) is 0 Å². The Kier molecular flexibility index (Phi) is 4.63. The molecule has 0 aliphatic carbocycles. The smallest absolute Gasteiger partial charge is 0.0345 e. The van der Waals surface area contributed by atoms with Crippen molar-refractivity contribution in [1.82, 2.24) is 0 Å². The summed E-state index contributed by atoms with van der Waals surface area (Å²) in [6.45, 7) is 2.17. The van der Waals surface area contributed by atoms with Crippen LogP contribution in [0, 0.1) is 6.92 Å². The lowest BCUT2D eigenvalue weighted by Crippen LogP contribution is -1.91. The molecule has 152 valence electrons. The maximum absolute atomic E-state index is 2.39. The van der Waals surface area contributed by atoms with Crippen LogP contribution in [-0.4, -0.2) is 0 Å². The van der Waals surface area contributed by atoms with E-state index >= 15 is 0 Å². The van der Waals surface area contributed by atoms with Gasteiger partial charge in [0.05, 0.1) is 0 Å². The molecule has 0 spiro atoms. The fraction of sp³-hybridized carbons (Fsp3) is 0.0323. The molecule has 32 heavy (non-hydrogen) atoms. The summed E-state index contributed by atoms with van der Waals surface area (Å²) in [6, 6.07) is 41.9. The minimum atomic E-state index is 1.26. The minimum Gasteiger partial charge on any atom is -0.141 e. The van der Waals surface area contributed by atoms with Crippen molar-refractivity contribution in [1.29, 1.82) is 0 Å². The van der Waals surface area contributed by atoms with Crippen LogP contribution >= 0.6 is 11.3 Å². The molecule has 1 aromatic heterocycles. The second-order valence-electron chi connectivity index (χ2n) is 8.20. The van der Waals surface area contributed by atoms with Crippen LogP contribution in [0.1, 0.15) is 4.88 Å². The lowest BCUT2D eigenvalue weighted by atomic mass is 9.85. The van der Waals surface area contributed by atoms with Crippen molar-refractivity contribution in [2.24, 2.45) is 0 Å². The zero-order chi connectivity index (χ0) is 21.5. The molecule has 5 aromatic carbocycles. The fourth-order valence-corrected chi connectivity index (χ4v) is 5.62. The van der Waals surface area contributed by atoms with E-state index in [4.69, 9.17) is 0 Å². The lowest BCUT2D eigenvalue weighted by molar-refractivity contribution is 1.64. The summed E-state index contributed by atoms with van der Waals surface area (Å²) in [5, 5.41) is 5.19. The molecular formula is C31H22S. The van der Waals surface area contributed by atoms with Gasteiger partial charge in [-0.3, -0.25) is 0 Å². The highest BCUT2D eigenvalue weighted by molar-refractivity contribution is 7.15. The van der Waals surface area contributed by atoms with Crippen LogP contribution in [0.2, 0.25) is 0 Å². The van der Waals surface area contributed by atoms with E-state index in [9.17, 15) is 0 Å². The molecule has 0 unspecified atom stereocenters. The van der Waals surface area contributed by atoms with Crippen molar-refractivity contribution in [2.45, 2.75) is 6.92 Å². The zero-order valence-electron chi connectivity index (χ0n) is 17.9. The largest absolute Gasteiger partial charge is 0.141 e. The molecule has 0 aliphatic heterocycles. The Morgan fingerprint density at radius 1 is 0.438 bits per heavy atom. The van der Waals surface area contributed by atoms with Gasteiger partial charge in [0.25, 0.3) is 0 Å². The average molecular weight is 427 g/mol. The van der Waals surface area contributed by atoms with E-state index in [1.54, 1.807) is 0 Å². The van der Waals surface area contributed by atoms with Gasteiger partial charge in [-0.2, -0.15) is 0 Å². The Morgan fingerprint density at radius 3 is 1.53 bits per heavy atom. The van der Waals surface area contributed by atoms with Crippen molar-refractivity contribution in [2.75, 3.05) is 0 Å². The van der Waals surface area contributed by atoms with Gasteiger partial charge >= 0.3 is 0 Å². The lowest BCUT2D eigenvalue weighted by Gasteiger charge is -2.18. The maximum atomic E-state index is 2.39. The summed E-state index contributed by atoms with van der Waals surface area (Å²) in [6.07, 6.45) is 0. The fourth-order valence-electron chi connectivity index (χ4n) is 4.75. The Hall–Kier alpha value is -3.68. The van der Waals surface area contributed by atoms with Gasteiger partial charge in [0.1, 0.15) is 0 Å². The molecule has 0 nitrogen and oxygen atoms in total. The number of aryl methyl sites for hydroxylation is 1. The zero-order valence-corrected chi connectivity index (χ0v) is 18.7. The van der Waals surface area contributed by atoms with Crippen LogP contribution in [0.3, 0.4) is 0 Å². The van der Waals surface area contributed by atoms with Crippen molar-refractivity contribution < 1.29 is 0 Å². The quantitative estimate of drug-likeness (QED) is 0.247. The first-order chi connectivity index (χ1) is 15.8. The van der Waals surface area contributed by atoms with Gasteiger partial charge in [-0.05, 0) is 74.5 Å². The number of hydrogen-bond donors (Lipinski definition) is 0. The van der Waals surface area contributed by atoms with E-state index < -0.39 is 0 Å². The molecule has 0 amide bonds. The van der Waals surface area contributed by atoms with Gasteiger partial charge < -0.3 is 0 Å². The normalized spacial score (nSPS) is 11.3. The van der Waals surface area contributed by atoms with Gasteiger partial charge in [-0.1, -0.05) is 97.1 Å². The van der Waals surface area contributed by atoms with Crippen LogP contribution in [0.4, 0.5) is 0 Å². The minimum absolute atomic E-state index is 1.26. The summed E-state index contributed by atoms with van der Waals surface area (Å²) in [5.74, 6) is 0. The third kappa shape index (κ3) is 3.14. The average Bonchev–Trinajstić information content (AvgIpc) is 3.29. The van der Waals surface area contributed by atoms with E-state index in [1.165, 1.54) is 59.1 Å². The SMILES string of the molecule is Cc1ccc(-c2ccc3c(-c4ccccc4)c4ccccc4c(-c4ccccc4)c3c2)s1. The first kappa shape index (κ1) is 19.0. The predicted molar refractivity (Wildman–Crippen MR) is 140 cm³/mol. The number of benzene rings is 5. The number of fused-ring (bicyclic) bond motifs is 2. The molecule has 0 atom stereocenters. The molecule has 0 aliphatic rings. The van der Waals surface area contributed by atoms with Crippen molar-refractivity contribution >= 4 is 32.9 Å². The summed E-state index contributed by atoms with van der Waals surface area (Å²) >= 11 is 1.86. The first-order valence-electron chi connectivity index (χ1n) is 11.0. The van der Waals surface area contributed by atoms with Gasteiger partial charge in [0.15, 0.2) is 0 Å². The summed E-state index contributed by atoms with van der Waals surface area (Å²) in [4.78, 5) is 2.66. The van der Waals surface area contributed by atoms with E-state index in [0.29, 0.717) is 0 Å². The number of thiophene rings is 1. The van der Waals surface area contributed by atoms with E-state index in [1.807, 2.05) is 11.3 Å². The molecule has 0 bridgehead atoms. The molecular weight excluding hydrogens is 404 g/mol. The standard InChI is InChI=1S/C31H22S/c1-21-16-19-29(32-21)24-17-18-27-28(20-24)31(23-12-6-3-7-13-23)26-15-9-8-14-25(26)30(27)22-10-4-2-5-11-22/h2-20H,1H3.